The second-order valence-electron chi connectivity index (χ2n) is 6.83. The molecular formula is C19H26N4O8S. The van der Waals surface area contributed by atoms with Crippen molar-refractivity contribution in [3.63, 3.8) is 0 Å². The number of hydrogen-bond acceptors (Lipinski definition) is 8. The summed E-state index contributed by atoms with van der Waals surface area (Å²) in [5, 5.41) is 33.7. The summed E-state index contributed by atoms with van der Waals surface area (Å²) in [5.41, 5.74) is 6.54. The van der Waals surface area contributed by atoms with Gasteiger partial charge in [0, 0.05) is 12.2 Å². The second-order valence-corrected chi connectivity index (χ2v) is 7.19. The number of carbonyl (C=O) groups excluding carboxylic acids is 3. The maximum atomic E-state index is 12.6. The third kappa shape index (κ3) is 9.66. The van der Waals surface area contributed by atoms with Crippen LogP contribution < -0.4 is 21.7 Å². The Morgan fingerprint density at radius 1 is 0.906 bits per heavy atom. The fraction of sp³-hybridized carbons (Fsp3) is 0.421. The van der Waals surface area contributed by atoms with Gasteiger partial charge in [-0.3, -0.25) is 24.0 Å². The van der Waals surface area contributed by atoms with E-state index in [2.05, 4.69) is 28.6 Å². The number of hydrogen-bond donors (Lipinski definition) is 8. The SMILES string of the molecule is NC(Cc1ccc(O)cc1)C(=O)NC(CCC(=O)O)C(=O)NC(CS)C(=O)NCC(=O)O. The predicted octanol–water partition coefficient (Wildman–Crippen LogP) is -1.77. The Morgan fingerprint density at radius 2 is 1.50 bits per heavy atom. The highest BCUT2D eigenvalue weighted by molar-refractivity contribution is 7.80. The summed E-state index contributed by atoms with van der Waals surface area (Å²) in [5.74, 6) is -4.97. The van der Waals surface area contributed by atoms with Crippen LogP contribution in [-0.2, 0) is 30.4 Å². The van der Waals surface area contributed by atoms with Crippen molar-refractivity contribution in [1.82, 2.24) is 16.0 Å². The summed E-state index contributed by atoms with van der Waals surface area (Å²) in [6, 6.07) is 2.42. The molecule has 0 aromatic heterocycles. The van der Waals surface area contributed by atoms with Gasteiger partial charge in [0.25, 0.3) is 0 Å². The molecule has 3 unspecified atom stereocenters. The number of amides is 3. The number of aromatic hydroxyl groups is 1. The molecule has 0 spiro atoms. The lowest BCUT2D eigenvalue weighted by Gasteiger charge is -2.23. The highest BCUT2D eigenvalue weighted by Crippen LogP contribution is 2.11. The quantitative estimate of drug-likeness (QED) is 0.153. The molecule has 0 bridgehead atoms. The van der Waals surface area contributed by atoms with Crippen LogP contribution in [0.4, 0.5) is 0 Å². The van der Waals surface area contributed by atoms with E-state index in [9.17, 15) is 29.1 Å². The molecular weight excluding hydrogens is 444 g/mol. The number of rotatable bonds is 13. The van der Waals surface area contributed by atoms with E-state index in [-0.39, 0.29) is 24.3 Å². The maximum absolute atomic E-state index is 12.6. The minimum Gasteiger partial charge on any atom is -0.508 e. The topological polar surface area (TPSA) is 208 Å². The molecule has 0 radical (unpaired) electrons. The van der Waals surface area contributed by atoms with Crippen molar-refractivity contribution in [3.05, 3.63) is 29.8 Å². The van der Waals surface area contributed by atoms with Gasteiger partial charge in [0.15, 0.2) is 0 Å². The molecule has 0 aliphatic carbocycles. The molecule has 3 amide bonds. The molecule has 1 rings (SSSR count). The largest absolute Gasteiger partial charge is 0.508 e. The van der Waals surface area contributed by atoms with Gasteiger partial charge in [-0.25, -0.2) is 0 Å². The van der Waals surface area contributed by atoms with Crippen molar-refractivity contribution in [2.45, 2.75) is 37.4 Å². The smallest absolute Gasteiger partial charge is 0.322 e. The highest BCUT2D eigenvalue weighted by Gasteiger charge is 2.28. The summed E-state index contributed by atoms with van der Waals surface area (Å²) in [6.45, 7) is -0.662. The van der Waals surface area contributed by atoms with Crippen LogP contribution in [0.2, 0.25) is 0 Å². The zero-order chi connectivity index (χ0) is 24.3. The maximum Gasteiger partial charge on any atom is 0.322 e. The Bertz CT molecular complexity index is 833. The molecule has 0 aliphatic heterocycles. The molecule has 13 heteroatoms. The Labute approximate surface area is 189 Å². The van der Waals surface area contributed by atoms with E-state index >= 15 is 0 Å². The molecule has 0 saturated heterocycles. The molecule has 0 fully saturated rings. The third-order valence-corrected chi connectivity index (χ3v) is 4.60. The number of nitrogens with one attached hydrogen (secondary N) is 3. The predicted molar refractivity (Wildman–Crippen MR) is 115 cm³/mol. The van der Waals surface area contributed by atoms with E-state index in [1.54, 1.807) is 12.1 Å². The van der Waals surface area contributed by atoms with Crippen LogP contribution in [0.5, 0.6) is 5.75 Å². The number of nitrogens with two attached hydrogens (primary N) is 1. The van der Waals surface area contributed by atoms with Crippen LogP contribution in [0.15, 0.2) is 24.3 Å². The van der Waals surface area contributed by atoms with Gasteiger partial charge in [-0.2, -0.15) is 12.6 Å². The summed E-state index contributed by atoms with van der Waals surface area (Å²) >= 11 is 3.95. The Kier molecular flexibility index (Phi) is 11.0. The average Bonchev–Trinajstić information content (AvgIpc) is 2.74. The van der Waals surface area contributed by atoms with Crippen molar-refractivity contribution in [1.29, 1.82) is 0 Å². The van der Waals surface area contributed by atoms with Crippen LogP contribution in [-0.4, -0.2) is 75.4 Å². The van der Waals surface area contributed by atoms with E-state index in [1.165, 1.54) is 12.1 Å². The summed E-state index contributed by atoms with van der Waals surface area (Å²) < 4.78 is 0. The van der Waals surface area contributed by atoms with E-state index in [0.717, 1.165) is 0 Å². The Hall–Kier alpha value is -3.32. The molecule has 1 aromatic rings. The first-order valence-corrected chi connectivity index (χ1v) is 10.1. The normalized spacial score (nSPS) is 13.3. The van der Waals surface area contributed by atoms with Gasteiger partial charge >= 0.3 is 11.9 Å². The molecule has 176 valence electrons. The molecule has 32 heavy (non-hydrogen) atoms. The van der Waals surface area contributed by atoms with Gasteiger partial charge in [0.2, 0.25) is 17.7 Å². The van der Waals surface area contributed by atoms with Gasteiger partial charge in [-0.1, -0.05) is 12.1 Å². The Morgan fingerprint density at radius 3 is 2.03 bits per heavy atom. The monoisotopic (exact) mass is 470 g/mol. The van der Waals surface area contributed by atoms with Gasteiger partial charge in [-0.05, 0) is 30.5 Å². The van der Waals surface area contributed by atoms with Gasteiger partial charge in [0.1, 0.15) is 24.4 Å². The number of aliphatic carboxylic acids is 2. The number of carbonyl (C=O) groups is 5. The van der Waals surface area contributed by atoms with Gasteiger partial charge in [-0.15, -0.1) is 0 Å². The lowest BCUT2D eigenvalue weighted by atomic mass is 10.0. The number of carboxylic acid groups (broad SMARTS) is 2. The standard InChI is InChI=1S/C19H26N4O8S/c20-12(7-10-1-3-11(24)4-2-10)17(29)22-13(5-6-15(25)26)19(31)23-14(9-32)18(30)21-8-16(27)28/h1-4,12-14,24,32H,5-9,20H2,(H,21,30)(H,22,29)(H,23,31)(H,25,26)(H,27,28). The van der Waals surface area contributed by atoms with Crippen LogP contribution in [0.1, 0.15) is 18.4 Å². The van der Waals surface area contributed by atoms with Crippen LogP contribution in [0.3, 0.4) is 0 Å². The van der Waals surface area contributed by atoms with Crippen molar-refractivity contribution in [3.8, 4) is 5.75 Å². The number of phenols is 1. The second kappa shape index (κ2) is 13.2. The van der Waals surface area contributed by atoms with E-state index in [4.69, 9.17) is 15.9 Å². The number of carboxylic acids is 2. The Balaban J connectivity index is 2.81. The fourth-order valence-electron chi connectivity index (χ4n) is 2.55. The zero-order valence-electron chi connectivity index (χ0n) is 17.0. The first kappa shape index (κ1) is 26.7. The van der Waals surface area contributed by atoms with Crippen molar-refractivity contribution >= 4 is 42.3 Å². The van der Waals surface area contributed by atoms with Crippen LogP contribution in [0, 0.1) is 0 Å². The summed E-state index contributed by atoms with van der Waals surface area (Å²) in [6.07, 6.45) is -0.618. The summed E-state index contributed by atoms with van der Waals surface area (Å²) in [4.78, 5) is 58.6. The van der Waals surface area contributed by atoms with Crippen molar-refractivity contribution < 1.29 is 39.3 Å². The van der Waals surface area contributed by atoms with E-state index < -0.39 is 60.8 Å². The van der Waals surface area contributed by atoms with Crippen LogP contribution in [0.25, 0.3) is 0 Å². The van der Waals surface area contributed by atoms with Crippen LogP contribution >= 0.6 is 12.6 Å². The zero-order valence-corrected chi connectivity index (χ0v) is 17.9. The first-order chi connectivity index (χ1) is 15.0. The molecule has 8 N–H and O–H groups in total. The molecule has 1 aromatic carbocycles. The third-order valence-electron chi connectivity index (χ3n) is 4.24. The lowest BCUT2D eigenvalue weighted by molar-refractivity contribution is -0.138. The molecule has 0 saturated carbocycles. The number of benzene rings is 1. The molecule has 3 atom stereocenters. The molecule has 12 nitrogen and oxygen atoms in total. The minimum atomic E-state index is -1.31. The van der Waals surface area contributed by atoms with Gasteiger partial charge in [0.05, 0.1) is 6.04 Å². The number of thiol groups is 1. The van der Waals surface area contributed by atoms with Crippen molar-refractivity contribution in [2.24, 2.45) is 5.73 Å². The van der Waals surface area contributed by atoms with Crippen molar-refractivity contribution in [2.75, 3.05) is 12.3 Å². The van der Waals surface area contributed by atoms with Gasteiger partial charge < -0.3 is 37.0 Å². The minimum absolute atomic E-state index is 0.0447. The van der Waals surface area contributed by atoms with E-state index in [0.29, 0.717) is 5.56 Å². The highest BCUT2D eigenvalue weighted by atomic mass is 32.1. The average molecular weight is 471 g/mol. The number of phenolic OH excluding ortho intramolecular Hbond substituents is 1. The van der Waals surface area contributed by atoms with E-state index in [1.807, 2.05) is 0 Å². The first-order valence-electron chi connectivity index (χ1n) is 9.49. The molecule has 0 aliphatic rings. The lowest BCUT2D eigenvalue weighted by Crippen LogP contribution is -2.56. The fourth-order valence-corrected chi connectivity index (χ4v) is 2.80. The molecule has 0 heterocycles. The summed E-state index contributed by atoms with van der Waals surface area (Å²) in [7, 11) is 0.